The second kappa shape index (κ2) is 4.80. The van der Waals surface area contributed by atoms with Gasteiger partial charge in [-0.25, -0.2) is 0 Å². The maximum Gasteiger partial charge on any atom is 0.0320 e. The average molecular weight is 203 g/mol. The zero-order valence-corrected chi connectivity index (χ0v) is 9.79. The van der Waals surface area contributed by atoms with Gasteiger partial charge in [-0.1, -0.05) is 44.0 Å². The third-order valence-corrected chi connectivity index (χ3v) is 3.40. The molecule has 1 N–H and O–H groups in total. The largest absolute Gasteiger partial charge is 0.313 e. The van der Waals surface area contributed by atoms with Gasteiger partial charge in [-0.3, -0.25) is 0 Å². The minimum Gasteiger partial charge on any atom is -0.313 e. The number of hydrogen-bond donors (Lipinski definition) is 1. The number of rotatable bonds is 5. The molecule has 0 aromatic heterocycles. The van der Waals surface area contributed by atoms with Gasteiger partial charge in [0.15, 0.2) is 0 Å². The maximum absolute atomic E-state index is 3.43. The van der Waals surface area contributed by atoms with Crippen LogP contribution in [0.25, 0.3) is 0 Å². The molecule has 1 aromatic rings. The highest BCUT2D eigenvalue weighted by Crippen LogP contribution is 2.37. The van der Waals surface area contributed by atoms with Crippen molar-refractivity contribution >= 4 is 0 Å². The molecule has 0 amide bonds. The van der Waals surface area contributed by atoms with Crippen molar-refractivity contribution in [1.82, 2.24) is 5.32 Å². The standard InChI is InChI=1S/C14H21N/c1-3-11-6-8-13(9-7-11)14(15-2)10-12-4-5-12/h6-9,12,14-15H,3-5,10H2,1-2H3. The SMILES string of the molecule is CCc1ccc(C(CC2CC2)NC)cc1. The fourth-order valence-electron chi connectivity index (χ4n) is 2.09. The fourth-order valence-corrected chi connectivity index (χ4v) is 2.09. The molecule has 1 saturated carbocycles. The van der Waals surface area contributed by atoms with Crippen molar-refractivity contribution in [2.24, 2.45) is 5.92 Å². The van der Waals surface area contributed by atoms with Gasteiger partial charge >= 0.3 is 0 Å². The van der Waals surface area contributed by atoms with Crippen molar-refractivity contribution in [3.63, 3.8) is 0 Å². The predicted octanol–water partition coefficient (Wildman–Crippen LogP) is 3.31. The predicted molar refractivity (Wildman–Crippen MR) is 65.0 cm³/mol. The second-order valence-corrected chi connectivity index (χ2v) is 4.62. The molecular weight excluding hydrogens is 182 g/mol. The minimum atomic E-state index is 0.559. The maximum atomic E-state index is 3.43. The van der Waals surface area contributed by atoms with E-state index in [1.165, 1.54) is 30.4 Å². The van der Waals surface area contributed by atoms with E-state index < -0.39 is 0 Å². The van der Waals surface area contributed by atoms with Crippen molar-refractivity contribution in [3.8, 4) is 0 Å². The van der Waals surface area contributed by atoms with Crippen LogP contribution < -0.4 is 5.32 Å². The van der Waals surface area contributed by atoms with Gasteiger partial charge in [-0.05, 0) is 36.9 Å². The van der Waals surface area contributed by atoms with E-state index in [-0.39, 0.29) is 0 Å². The molecule has 1 unspecified atom stereocenters. The van der Waals surface area contributed by atoms with E-state index in [0.29, 0.717) is 6.04 Å². The molecule has 1 aliphatic rings. The van der Waals surface area contributed by atoms with Crippen LogP contribution in [0.1, 0.15) is 43.4 Å². The first-order valence-corrected chi connectivity index (χ1v) is 6.09. The molecule has 0 saturated heterocycles. The lowest BCUT2D eigenvalue weighted by Gasteiger charge is -2.16. The molecule has 0 spiro atoms. The summed E-state index contributed by atoms with van der Waals surface area (Å²) >= 11 is 0. The average Bonchev–Trinajstić information content (AvgIpc) is 3.10. The molecule has 82 valence electrons. The molecule has 0 heterocycles. The highest BCUT2D eigenvalue weighted by atomic mass is 14.9. The Labute approximate surface area is 92.9 Å². The summed E-state index contributed by atoms with van der Waals surface area (Å²) in [5.74, 6) is 0.980. The van der Waals surface area contributed by atoms with Gasteiger partial charge in [0.05, 0.1) is 0 Å². The van der Waals surface area contributed by atoms with Crippen molar-refractivity contribution in [2.75, 3.05) is 7.05 Å². The fraction of sp³-hybridized carbons (Fsp3) is 0.571. The second-order valence-electron chi connectivity index (χ2n) is 4.62. The van der Waals surface area contributed by atoms with Crippen molar-refractivity contribution in [1.29, 1.82) is 0 Å². The third kappa shape index (κ3) is 2.82. The molecule has 1 aliphatic carbocycles. The zero-order valence-electron chi connectivity index (χ0n) is 9.79. The summed E-state index contributed by atoms with van der Waals surface area (Å²) < 4.78 is 0. The van der Waals surface area contributed by atoms with Crippen LogP contribution in [-0.4, -0.2) is 7.05 Å². The molecule has 1 aromatic carbocycles. The van der Waals surface area contributed by atoms with Crippen molar-refractivity contribution in [3.05, 3.63) is 35.4 Å². The Morgan fingerprint density at radius 1 is 1.27 bits per heavy atom. The molecule has 0 bridgehead atoms. The third-order valence-electron chi connectivity index (χ3n) is 3.40. The summed E-state index contributed by atoms with van der Waals surface area (Å²) in [7, 11) is 2.07. The van der Waals surface area contributed by atoms with E-state index >= 15 is 0 Å². The summed E-state index contributed by atoms with van der Waals surface area (Å²) in [5, 5.41) is 3.43. The van der Waals surface area contributed by atoms with Crippen LogP contribution in [0.2, 0.25) is 0 Å². The van der Waals surface area contributed by atoms with Crippen molar-refractivity contribution < 1.29 is 0 Å². The lowest BCUT2D eigenvalue weighted by molar-refractivity contribution is 0.514. The Hall–Kier alpha value is -0.820. The van der Waals surface area contributed by atoms with Crippen LogP contribution >= 0.6 is 0 Å². The quantitative estimate of drug-likeness (QED) is 0.774. The molecule has 0 radical (unpaired) electrons. The Balaban J connectivity index is 2.03. The molecule has 1 fully saturated rings. The molecular formula is C14H21N. The van der Waals surface area contributed by atoms with E-state index in [0.717, 1.165) is 12.3 Å². The van der Waals surface area contributed by atoms with Crippen LogP contribution in [0.5, 0.6) is 0 Å². The Kier molecular flexibility index (Phi) is 3.42. The lowest BCUT2D eigenvalue weighted by Crippen LogP contribution is -2.16. The van der Waals surface area contributed by atoms with Crippen molar-refractivity contribution in [2.45, 2.75) is 38.6 Å². The number of benzene rings is 1. The monoisotopic (exact) mass is 203 g/mol. The van der Waals surface area contributed by atoms with Gasteiger partial charge in [-0.2, -0.15) is 0 Å². The summed E-state index contributed by atoms with van der Waals surface area (Å²) in [4.78, 5) is 0. The molecule has 1 atom stereocenters. The minimum absolute atomic E-state index is 0.559. The summed E-state index contributed by atoms with van der Waals surface area (Å²) in [6.45, 7) is 2.20. The van der Waals surface area contributed by atoms with E-state index in [4.69, 9.17) is 0 Å². The molecule has 2 rings (SSSR count). The number of hydrogen-bond acceptors (Lipinski definition) is 1. The smallest absolute Gasteiger partial charge is 0.0320 e. The highest BCUT2D eigenvalue weighted by molar-refractivity contribution is 5.25. The summed E-state index contributed by atoms with van der Waals surface area (Å²) in [6.07, 6.45) is 5.31. The first-order valence-electron chi connectivity index (χ1n) is 6.09. The first-order chi connectivity index (χ1) is 7.33. The van der Waals surface area contributed by atoms with Gasteiger partial charge in [0.1, 0.15) is 0 Å². The summed E-state index contributed by atoms with van der Waals surface area (Å²) in [6, 6.07) is 9.63. The van der Waals surface area contributed by atoms with Gasteiger partial charge in [0, 0.05) is 6.04 Å². The number of nitrogens with one attached hydrogen (secondary N) is 1. The molecule has 0 aliphatic heterocycles. The van der Waals surface area contributed by atoms with Crippen LogP contribution in [0.4, 0.5) is 0 Å². The topological polar surface area (TPSA) is 12.0 Å². The molecule has 15 heavy (non-hydrogen) atoms. The van der Waals surface area contributed by atoms with E-state index in [1.807, 2.05) is 0 Å². The Morgan fingerprint density at radius 2 is 1.93 bits per heavy atom. The van der Waals surface area contributed by atoms with Gasteiger partial charge in [-0.15, -0.1) is 0 Å². The normalized spacial score (nSPS) is 17.7. The van der Waals surface area contributed by atoms with E-state index in [9.17, 15) is 0 Å². The van der Waals surface area contributed by atoms with Gasteiger partial charge in [0.2, 0.25) is 0 Å². The lowest BCUT2D eigenvalue weighted by atomic mass is 9.99. The van der Waals surface area contributed by atoms with Crippen LogP contribution in [0.3, 0.4) is 0 Å². The molecule has 1 heteroatoms. The van der Waals surface area contributed by atoms with Gasteiger partial charge in [0.25, 0.3) is 0 Å². The molecule has 1 nitrogen and oxygen atoms in total. The first kappa shape index (κ1) is 10.7. The van der Waals surface area contributed by atoms with Crippen LogP contribution in [0.15, 0.2) is 24.3 Å². The number of aryl methyl sites for hydroxylation is 1. The van der Waals surface area contributed by atoms with E-state index in [2.05, 4.69) is 43.6 Å². The van der Waals surface area contributed by atoms with E-state index in [1.54, 1.807) is 0 Å². The summed E-state index contributed by atoms with van der Waals surface area (Å²) in [5.41, 5.74) is 2.88. The van der Waals surface area contributed by atoms with Crippen LogP contribution in [-0.2, 0) is 6.42 Å². The zero-order chi connectivity index (χ0) is 10.7. The Morgan fingerprint density at radius 3 is 2.40 bits per heavy atom. The highest BCUT2D eigenvalue weighted by Gasteiger charge is 2.25. The van der Waals surface area contributed by atoms with Crippen LogP contribution in [0, 0.1) is 5.92 Å². The van der Waals surface area contributed by atoms with Gasteiger partial charge < -0.3 is 5.32 Å². The Bertz CT molecular complexity index is 298.